The van der Waals surface area contributed by atoms with Gasteiger partial charge in [0.1, 0.15) is 5.75 Å². The van der Waals surface area contributed by atoms with Crippen LogP contribution in [0.25, 0.3) is 0 Å². The van der Waals surface area contributed by atoms with Gasteiger partial charge in [0.15, 0.2) is 5.82 Å². The maximum atomic E-state index is 10.8. The summed E-state index contributed by atoms with van der Waals surface area (Å²) in [6.45, 7) is 0. The second-order valence-corrected chi connectivity index (χ2v) is 3.64. The lowest BCUT2D eigenvalue weighted by atomic mass is 10.1. The third kappa shape index (κ3) is 3.35. The molecule has 0 fully saturated rings. The molecule has 18 heavy (non-hydrogen) atoms. The highest BCUT2D eigenvalue weighted by Crippen LogP contribution is 2.15. The molecule has 0 spiro atoms. The standard InChI is InChI=1S/C11H13N3O3.ClH/c1-16-8-4-2-7(3-5-8)6-9(12)10-13-11(15)17-14-10;/h2-5,9H,6,12H2,1H3,(H,13,14,15);1H. The number of ether oxygens (including phenoxy) is 1. The molecule has 0 aliphatic carbocycles. The summed E-state index contributed by atoms with van der Waals surface area (Å²) in [5.74, 6) is 0.549. The van der Waals surface area contributed by atoms with Crippen molar-refractivity contribution in [2.24, 2.45) is 5.73 Å². The number of H-pyrrole nitrogens is 1. The van der Waals surface area contributed by atoms with Crippen molar-refractivity contribution in [1.29, 1.82) is 0 Å². The van der Waals surface area contributed by atoms with Crippen molar-refractivity contribution in [1.82, 2.24) is 10.1 Å². The number of benzene rings is 1. The zero-order valence-electron chi connectivity index (χ0n) is 9.75. The van der Waals surface area contributed by atoms with Gasteiger partial charge >= 0.3 is 5.76 Å². The molecule has 6 nitrogen and oxygen atoms in total. The lowest BCUT2D eigenvalue weighted by Crippen LogP contribution is -2.16. The number of hydrogen-bond donors (Lipinski definition) is 2. The van der Waals surface area contributed by atoms with Crippen LogP contribution in [0, 0.1) is 0 Å². The Hall–Kier alpha value is -1.79. The van der Waals surface area contributed by atoms with Crippen molar-refractivity contribution >= 4 is 12.4 Å². The molecule has 0 saturated carbocycles. The summed E-state index contributed by atoms with van der Waals surface area (Å²) in [6, 6.07) is 7.14. The first-order chi connectivity index (χ1) is 8.19. The van der Waals surface area contributed by atoms with E-state index in [2.05, 4.69) is 14.7 Å². The Kier molecular flexibility index (Phi) is 4.94. The Morgan fingerprint density at radius 1 is 1.44 bits per heavy atom. The Labute approximate surface area is 110 Å². The van der Waals surface area contributed by atoms with Gasteiger partial charge in [-0.3, -0.25) is 9.51 Å². The van der Waals surface area contributed by atoms with Crippen molar-refractivity contribution in [2.75, 3.05) is 7.11 Å². The Morgan fingerprint density at radius 2 is 2.11 bits per heavy atom. The van der Waals surface area contributed by atoms with E-state index >= 15 is 0 Å². The number of hydrogen-bond acceptors (Lipinski definition) is 5. The number of halogens is 1. The molecule has 0 aliphatic heterocycles. The van der Waals surface area contributed by atoms with E-state index in [1.54, 1.807) is 7.11 Å². The molecular weight excluding hydrogens is 258 g/mol. The Bertz CT molecular complexity index is 535. The maximum absolute atomic E-state index is 10.8. The van der Waals surface area contributed by atoms with Gasteiger partial charge in [-0.1, -0.05) is 17.3 Å². The van der Waals surface area contributed by atoms with Crippen molar-refractivity contribution in [2.45, 2.75) is 12.5 Å². The van der Waals surface area contributed by atoms with Gasteiger partial charge in [-0.2, -0.15) is 0 Å². The minimum absolute atomic E-state index is 0. The fourth-order valence-electron chi connectivity index (χ4n) is 1.51. The Balaban J connectivity index is 0.00000162. The van der Waals surface area contributed by atoms with Crippen molar-refractivity contribution in [3.63, 3.8) is 0 Å². The SMILES string of the molecule is COc1ccc(CC(N)c2noc(=O)[nH]2)cc1.Cl. The zero-order chi connectivity index (χ0) is 12.3. The van der Waals surface area contributed by atoms with Crippen LogP contribution in [0.5, 0.6) is 5.75 Å². The third-order valence-electron chi connectivity index (χ3n) is 2.42. The van der Waals surface area contributed by atoms with Crippen LogP contribution in [0.3, 0.4) is 0 Å². The van der Waals surface area contributed by atoms with Crippen LogP contribution >= 0.6 is 12.4 Å². The molecule has 2 aromatic rings. The summed E-state index contributed by atoms with van der Waals surface area (Å²) < 4.78 is 9.45. The molecule has 2 rings (SSSR count). The number of nitrogens with zero attached hydrogens (tertiary/aromatic N) is 1. The van der Waals surface area contributed by atoms with Gasteiger partial charge in [0.25, 0.3) is 0 Å². The highest BCUT2D eigenvalue weighted by atomic mass is 35.5. The summed E-state index contributed by atoms with van der Waals surface area (Å²) in [5, 5.41) is 3.55. The second kappa shape index (κ2) is 6.23. The summed E-state index contributed by atoms with van der Waals surface area (Å²) in [6.07, 6.45) is 0.562. The molecular formula is C11H14ClN3O3. The molecule has 1 aromatic carbocycles. The zero-order valence-corrected chi connectivity index (χ0v) is 10.6. The second-order valence-electron chi connectivity index (χ2n) is 3.64. The minimum atomic E-state index is -0.592. The fourth-order valence-corrected chi connectivity index (χ4v) is 1.51. The van der Waals surface area contributed by atoms with Crippen LogP contribution in [0.4, 0.5) is 0 Å². The molecule has 3 N–H and O–H groups in total. The van der Waals surface area contributed by atoms with Gasteiger partial charge in [-0.05, 0) is 24.1 Å². The van der Waals surface area contributed by atoms with Crippen molar-refractivity contribution < 1.29 is 9.26 Å². The minimum Gasteiger partial charge on any atom is -0.497 e. The molecule has 0 saturated heterocycles. The first-order valence-electron chi connectivity index (χ1n) is 5.13. The maximum Gasteiger partial charge on any atom is 0.438 e. The molecule has 1 heterocycles. The largest absolute Gasteiger partial charge is 0.497 e. The van der Waals surface area contributed by atoms with Crippen LogP contribution in [0.1, 0.15) is 17.4 Å². The van der Waals surface area contributed by atoms with Gasteiger partial charge in [0, 0.05) is 0 Å². The number of nitrogens with two attached hydrogens (primary N) is 1. The highest BCUT2D eigenvalue weighted by molar-refractivity contribution is 5.85. The predicted molar refractivity (Wildman–Crippen MR) is 68.0 cm³/mol. The van der Waals surface area contributed by atoms with Crippen molar-refractivity contribution in [3.8, 4) is 5.75 Å². The number of aromatic nitrogens is 2. The first kappa shape index (κ1) is 14.3. The van der Waals surface area contributed by atoms with Crippen LogP contribution in [-0.2, 0) is 6.42 Å². The summed E-state index contributed by atoms with van der Waals surface area (Å²) in [7, 11) is 1.61. The van der Waals surface area contributed by atoms with Gasteiger partial charge < -0.3 is 10.5 Å². The van der Waals surface area contributed by atoms with E-state index in [4.69, 9.17) is 10.5 Å². The van der Waals surface area contributed by atoms with E-state index in [0.29, 0.717) is 12.2 Å². The summed E-state index contributed by atoms with van der Waals surface area (Å²) >= 11 is 0. The van der Waals surface area contributed by atoms with Gasteiger partial charge in [-0.15, -0.1) is 12.4 Å². The molecule has 1 atom stereocenters. The summed E-state index contributed by atoms with van der Waals surface area (Å²) in [5.41, 5.74) is 6.92. The van der Waals surface area contributed by atoms with E-state index in [-0.39, 0.29) is 12.4 Å². The normalized spacial score (nSPS) is 11.7. The van der Waals surface area contributed by atoms with E-state index in [9.17, 15) is 4.79 Å². The van der Waals surface area contributed by atoms with E-state index < -0.39 is 11.8 Å². The quantitative estimate of drug-likeness (QED) is 0.866. The smallest absolute Gasteiger partial charge is 0.438 e. The van der Waals surface area contributed by atoms with Crippen LogP contribution in [0.2, 0.25) is 0 Å². The lowest BCUT2D eigenvalue weighted by molar-refractivity contribution is 0.377. The number of rotatable bonds is 4. The average molecular weight is 272 g/mol. The van der Waals surface area contributed by atoms with Gasteiger partial charge in [0.05, 0.1) is 13.2 Å². The summed E-state index contributed by atoms with van der Waals surface area (Å²) in [4.78, 5) is 13.2. The predicted octanol–water partition coefficient (Wildman–Crippen LogP) is 1.04. The molecule has 0 amide bonds. The lowest BCUT2D eigenvalue weighted by Gasteiger charge is -2.08. The molecule has 1 aromatic heterocycles. The molecule has 7 heteroatoms. The van der Waals surface area contributed by atoms with E-state index in [1.165, 1.54) is 0 Å². The highest BCUT2D eigenvalue weighted by Gasteiger charge is 2.12. The van der Waals surface area contributed by atoms with E-state index in [1.807, 2.05) is 24.3 Å². The van der Waals surface area contributed by atoms with Crippen molar-refractivity contribution in [3.05, 3.63) is 46.2 Å². The molecule has 0 radical (unpaired) electrons. The number of nitrogens with one attached hydrogen (secondary N) is 1. The Morgan fingerprint density at radius 3 is 2.61 bits per heavy atom. The van der Waals surface area contributed by atoms with Crippen LogP contribution in [-0.4, -0.2) is 17.3 Å². The third-order valence-corrected chi connectivity index (χ3v) is 2.42. The van der Waals surface area contributed by atoms with Gasteiger partial charge in [0.2, 0.25) is 0 Å². The van der Waals surface area contributed by atoms with Crippen LogP contribution in [0.15, 0.2) is 33.6 Å². The monoisotopic (exact) mass is 271 g/mol. The number of methoxy groups -OCH3 is 1. The molecule has 0 bridgehead atoms. The number of aromatic amines is 1. The fraction of sp³-hybridized carbons (Fsp3) is 0.273. The molecule has 0 aliphatic rings. The molecule has 98 valence electrons. The topological polar surface area (TPSA) is 94.1 Å². The molecule has 1 unspecified atom stereocenters. The van der Waals surface area contributed by atoms with Gasteiger partial charge in [-0.25, -0.2) is 4.79 Å². The average Bonchev–Trinajstić information content (AvgIpc) is 2.77. The van der Waals surface area contributed by atoms with E-state index in [0.717, 1.165) is 11.3 Å². The van der Waals surface area contributed by atoms with Crippen LogP contribution < -0.4 is 16.2 Å². The first-order valence-corrected chi connectivity index (χ1v) is 5.13.